The number of nitrogens with zero attached hydrogens (tertiary/aromatic N) is 2. The topological polar surface area (TPSA) is 138 Å². The van der Waals surface area contributed by atoms with Crippen LogP contribution in [0.4, 0.5) is 0 Å². The molecule has 0 aliphatic carbocycles. The number of hydrogen-bond acceptors (Lipinski definition) is 6. The Hall–Kier alpha value is -1.46. The van der Waals surface area contributed by atoms with E-state index in [1.165, 1.54) is 7.05 Å². The predicted octanol–water partition coefficient (Wildman–Crippen LogP) is -1.08. The number of sulfone groups is 1. The summed E-state index contributed by atoms with van der Waals surface area (Å²) in [5, 5.41) is 13.9. The van der Waals surface area contributed by atoms with Gasteiger partial charge in [-0.1, -0.05) is 0 Å². The van der Waals surface area contributed by atoms with Gasteiger partial charge < -0.3 is 5.11 Å². The lowest BCUT2D eigenvalue weighted by Crippen LogP contribution is -2.38. The third-order valence-corrected chi connectivity index (χ3v) is 6.83. The highest BCUT2D eigenvalue weighted by molar-refractivity contribution is 7.92. The molecule has 0 radical (unpaired) electrons. The fraction of sp³-hybridized carbons (Fsp3) is 0.556. The van der Waals surface area contributed by atoms with E-state index >= 15 is 0 Å². The van der Waals surface area contributed by atoms with E-state index in [4.69, 9.17) is 5.11 Å². The zero-order chi connectivity index (χ0) is 15.1. The summed E-state index contributed by atoms with van der Waals surface area (Å²) in [5.41, 5.74) is -0.474. The fourth-order valence-corrected chi connectivity index (χ4v) is 5.34. The molecule has 1 saturated heterocycles. The minimum atomic E-state index is -4.13. The molecule has 0 bridgehead atoms. The third-order valence-electron chi connectivity index (χ3n) is 3.19. The number of carboxylic acid groups (broad SMARTS) is 1. The van der Waals surface area contributed by atoms with Crippen molar-refractivity contribution in [1.29, 1.82) is 0 Å². The highest BCUT2D eigenvalue weighted by Crippen LogP contribution is 2.24. The second-order valence-corrected chi connectivity index (χ2v) is 8.66. The molecule has 9 nitrogen and oxygen atoms in total. The van der Waals surface area contributed by atoms with E-state index in [0.29, 0.717) is 0 Å². The van der Waals surface area contributed by atoms with E-state index < -0.39 is 42.5 Å². The summed E-state index contributed by atoms with van der Waals surface area (Å²) < 4.78 is 48.3. The normalized spacial score (nSPS) is 22.2. The van der Waals surface area contributed by atoms with Crippen LogP contribution in [-0.2, 0) is 19.9 Å². The quantitative estimate of drug-likeness (QED) is 0.718. The number of carbonyl (C=O) groups is 1. The SMILES string of the molecule is CN(C1CCS(=O)(=O)C1)S(=O)(=O)c1[nH]ncc1C(=O)O. The molecule has 20 heavy (non-hydrogen) atoms. The van der Waals surface area contributed by atoms with Gasteiger partial charge in [0.2, 0.25) is 0 Å². The molecule has 1 aromatic rings. The predicted molar refractivity (Wildman–Crippen MR) is 67.6 cm³/mol. The summed E-state index contributed by atoms with van der Waals surface area (Å²) in [6.07, 6.45) is 1.09. The molecule has 0 aromatic carbocycles. The third kappa shape index (κ3) is 2.55. The lowest BCUT2D eigenvalue weighted by Gasteiger charge is -2.22. The van der Waals surface area contributed by atoms with Crippen molar-refractivity contribution in [3.8, 4) is 0 Å². The minimum Gasteiger partial charge on any atom is -0.478 e. The van der Waals surface area contributed by atoms with Crippen molar-refractivity contribution in [3.63, 3.8) is 0 Å². The van der Waals surface area contributed by atoms with E-state index in [1.807, 2.05) is 0 Å². The largest absolute Gasteiger partial charge is 0.478 e. The van der Waals surface area contributed by atoms with Crippen molar-refractivity contribution in [2.24, 2.45) is 0 Å². The van der Waals surface area contributed by atoms with Gasteiger partial charge in [0.15, 0.2) is 14.9 Å². The first kappa shape index (κ1) is 14.9. The van der Waals surface area contributed by atoms with Crippen LogP contribution in [0.3, 0.4) is 0 Å². The van der Waals surface area contributed by atoms with Gasteiger partial charge in [0, 0.05) is 13.1 Å². The van der Waals surface area contributed by atoms with E-state index in [2.05, 4.69) is 10.2 Å². The molecule has 1 unspecified atom stereocenters. The van der Waals surface area contributed by atoms with E-state index in [1.54, 1.807) is 0 Å². The van der Waals surface area contributed by atoms with Crippen molar-refractivity contribution >= 4 is 25.8 Å². The van der Waals surface area contributed by atoms with Crippen molar-refractivity contribution < 1.29 is 26.7 Å². The second kappa shape index (κ2) is 4.82. The Morgan fingerprint density at radius 3 is 2.70 bits per heavy atom. The van der Waals surface area contributed by atoms with Gasteiger partial charge in [-0.05, 0) is 6.42 Å². The molecule has 0 amide bonds. The van der Waals surface area contributed by atoms with E-state index in [0.717, 1.165) is 10.5 Å². The van der Waals surface area contributed by atoms with Crippen LogP contribution in [0.2, 0.25) is 0 Å². The van der Waals surface area contributed by atoms with E-state index in [9.17, 15) is 21.6 Å². The van der Waals surface area contributed by atoms with Crippen molar-refractivity contribution in [2.45, 2.75) is 17.5 Å². The number of carboxylic acids is 1. The van der Waals surface area contributed by atoms with Gasteiger partial charge in [-0.25, -0.2) is 21.6 Å². The molecule has 2 rings (SSSR count). The Labute approximate surface area is 115 Å². The van der Waals surface area contributed by atoms with Crippen LogP contribution in [0.1, 0.15) is 16.8 Å². The summed E-state index contributed by atoms with van der Waals surface area (Å²) in [7, 11) is -6.15. The molecule has 1 aromatic heterocycles. The standard InChI is InChI=1S/C9H13N3O6S2/c1-12(6-2-3-19(15,16)5-6)20(17,18)8-7(9(13)14)4-10-11-8/h4,6H,2-3,5H2,1H3,(H,10,11)(H,13,14). The Kier molecular flexibility index (Phi) is 3.60. The van der Waals surface area contributed by atoms with Gasteiger partial charge in [-0.2, -0.15) is 9.40 Å². The Bertz CT molecular complexity index is 735. The molecular weight excluding hydrogens is 310 g/mol. The number of aromatic carboxylic acids is 1. The maximum absolute atomic E-state index is 12.3. The lowest BCUT2D eigenvalue weighted by atomic mass is 10.3. The highest BCUT2D eigenvalue weighted by Gasteiger charge is 2.38. The van der Waals surface area contributed by atoms with E-state index in [-0.39, 0.29) is 17.9 Å². The Morgan fingerprint density at radius 2 is 2.20 bits per heavy atom. The van der Waals surface area contributed by atoms with Gasteiger partial charge in [0.25, 0.3) is 10.0 Å². The van der Waals surface area contributed by atoms with Crippen molar-refractivity contribution in [3.05, 3.63) is 11.8 Å². The van der Waals surface area contributed by atoms with Crippen LogP contribution in [-0.4, -0.2) is 67.0 Å². The average molecular weight is 323 g/mol. The number of rotatable bonds is 4. The average Bonchev–Trinajstić information content (AvgIpc) is 2.94. The molecule has 1 aliphatic heterocycles. The highest BCUT2D eigenvalue weighted by atomic mass is 32.2. The summed E-state index contributed by atoms with van der Waals surface area (Å²) >= 11 is 0. The van der Waals surface area contributed by atoms with Crippen LogP contribution < -0.4 is 0 Å². The molecular formula is C9H13N3O6S2. The van der Waals surface area contributed by atoms with Crippen LogP contribution in [0, 0.1) is 0 Å². The van der Waals surface area contributed by atoms with Gasteiger partial charge in [0.1, 0.15) is 5.56 Å². The molecule has 112 valence electrons. The number of hydrogen-bond donors (Lipinski definition) is 2. The number of H-pyrrole nitrogens is 1. The molecule has 1 fully saturated rings. The van der Waals surface area contributed by atoms with Crippen LogP contribution >= 0.6 is 0 Å². The molecule has 0 saturated carbocycles. The maximum Gasteiger partial charge on any atom is 0.340 e. The zero-order valence-electron chi connectivity index (χ0n) is 10.5. The maximum atomic E-state index is 12.3. The Morgan fingerprint density at radius 1 is 1.55 bits per heavy atom. The number of aromatic nitrogens is 2. The fourth-order valence-electron chi connectivity index (χ4n) is 2.03. The number of sulfonamides is 1. The molecule has 0 spiro atoms. The van der Waals surface area contributed by atoms with Crippen LogP contribution in [0.5, 0.6) is 0 Å². The Balaban J connectivity index is 2.36. The van der Waals surface area contributed by atoms with Gasteiger partial charge in [-0.3, -0.25) is 5.10 Å². The summed E-state index contributed by atoms with van der Waals surface area (Å²) in [4.78, 5) is 10.9. The van der Waals surface area contributed by atoms with Crippen molar-refractivity contribution in [1.82, 2.24) is 14.5 Å². The number of aromatic amines is 1. The van der Waals surface area contributed by atoms with Crippen LogP contribution in [0.15, 0.2) is 11.2 Å². The van der Waals surface area contributed by atoms with Gasteiger partial charge in [-0.15, -0.1) is 0 Å². The monoisotopic (exact) mass is 323 g/mol. The first-order chi connectivity index (χ1) is 9.15. The first-order valence-corrected chi connectivity index (χ1v) is 8.86. The van der Waals surface area contributed by atoms with Crippen molar-refractivity contribution in [2.75, 3.05) is 18.6 Å². The summed E-state index contributed by atoms with van der Waals surface area (Å²) in [6, 6.07) is -0.699. The lowest BCUT2D eigenvalue weighted by molar-refractivity contribution is 0.0692. The first-order valence-electron chi connectivity index (χ1n) is 5.60. The smallest absolute Gasteiger partial charge is 0.340 e. The molecule has 1 aliphatic rings. The zero-order valence-corrected chi connectivity index (χ0v) is 12.1. The van der Waals surface area contributed by atoms with Crippen LogP contribution in [0.25, 0.3) is 0 Å². The van der Waals surface area contributed by atoms with Gasteiger partial charge >= 0.3 is 5.97 Å². The molecule has 2 heterocycles. The minimum absolute atomic E-state index is 0.0771. The second-order valence-electron chi connectivity index (χ2n) is 4.50. The van der Waals surface area contributed by atoms with Gasteiger partial charge in [0.05, 0.1) is 17.7 Å². The summed E-state index contributed by atoms with van der Waals surface area (Å²) in [6.45, 7) is 0. The molecule has 1 atom stereocenters. The molecule has 11 heteroatoms. The summed E-state index contributed by atoms with van der Waals surface area (Å²) in [5.74, 6) is -1.77. The molecule has 2 N–H and O–H groups in total. The number of nitrogens with one attached hydrogen (secondary N) is 1.